The van der Waals surface area contributed by atoms with Crippen LogP contribution in [0.5, 0.6) is 0 Å². The third-order valence-electron chi connectivity index (χ3n) is 8.87. The number of anilines is 1. The van der Waals surface area contributed by atoms with Crippen molar-refractivity contribution in [2.75, 3.05) is 31.2 Å². The van der Waals surface area contributed by atoms with E-state index < -0.39 is 11.4 Å². The van der Waals surface area contributed by atoms with Crippen LogP contribution in [0, 0.1) is 0 Å². The average molecular weight is 574 g/mol. The fourth-order valence-corrected chi connectivity index (χ4v) is 7.54. The smallest absolute Gasteiger partial charge is 0.410 e. The first-order valence-electron chi connectivity index (χ1n) is 14.6. The van der Waals surface area contributed by atoms with Gasteiger partial charge < -0.3 is 23.6 Å². The van der Waals surface area contributed by atoms with Crippen LogP contribution < -0.4 is 4.90 Å². The molecule has 0 bridgehead atoms. The second kappa shape index (κ2) is 10.1. The van der Waals surface area contributed by atoms with Crippen molar-refractivity contribution in [3.8, 4) is 11.4 Å². The lowest BCUT2D eigenvalue weighted by molar-refractivity contribution is -0.235. The first kappa shape index (κ1) is 27.7. The molecule has 3 atom stereocenters. The van der Waals surface area contributed by atoms with Crippen LogP contribution in [-0.2, 0) is 26.0 Å². The first-order chi connectivity index (χ1) is 19.0. The maximum atomic E-state index is 12.9. The monoisotopic (exact) mass is 573 g/mol. The summed E-state index contributed by atoms with van der Waals surface area (Å²) in [6.45, 7) is 12.1. The van der Waals surface area contributed by atoms with Crippen molar-refractivity contribution in [2.24, 2.45) is 0 Å². The zero-order valence-corrected chi connectivity index (χ0v) is 24.9. The number of halogens is 1. The highest BCUT2D eigenvalue weighted by atomic mass is 35.5. The van der Waals surface area contributed by atoms with Crippen LogP contribution in [0.2, 0.25) is 5.28 Å². The van der Waals surface area contributed by atoms with Gasteiger partial charge in [0, 0.05) is 31.1 Å². The van der Waals surface area contributed by atoms with E-state index >= 15 is 0 Å². The van der Waals surface area contributed by atoms with Gasteiger partial charge in [-0.2, -0.15) is 0 Å². The third kappa shape index (κ3) is 4.65. The van der Waals surface area contributed by atoms with Crippen LogP contribution in [0.4, 0.5) is 10.6 Å². The number of hydrogen-bond donors (Lipinski definition) is 0. The average Bonchev–Trinajstić information content (AvgIpc) is 3.53. The van der Waals surface area contributed by atoms with E-state index in [-0.39, 0.29) is 28.9 Å². The lowest BCUT2D eigenvalue weighted by atomic mass is 9.61. The molecule has 0 N–H and O–H groups in total. The molecule has 11 heteroatoms. The molecule has 3 fully saturated rings. The van der Waals surface area contributed by atoms with E-state index in [9.17, 15) is 4.79 Å². The fourth-order valence-electron chi connectivity index (χ4n) is 7.36. The van der Waals surface area contributed by atoms with E-state index in [1.54, 1.807) is 0 Å². The number of nitrogens with zero attached hydrogens (tertiary/aromatic N) is 5. The maximum absolute atomic E-state index is 12.9. The molecule has 0 radical (unpaired) electrons. The topological polar surface area (TPSA) is 103 Å². The molecule has 4 aliphatic rings. The second-order valence-electron chi connectivity index (χ2n) is 12.8. The Labute approximate surface area is 240 Å². The Morgan fingerprint density at radius 1 is 1.05 bits per heavy atom. The lowest BCUT2D eigenvalue weighted by Crippen LogP contribution is -2.59. The molecule has 0 aromatic carbocycles. The van der Waals surface area contributed by atoms with Crippen LogP contribution in [0.3, 0.4) is 0 Å². The van der Waals surface area contributed by atoms with E-state index in [0.29, 0.717) is 43.5 Å². The number of piperazine rings is 1. The molecule has 2 aliphatic carbocycles. The van der Waals surface area contributed by atoms with Gasteiger partial charge >= 0.3 is 6.09 Å². The Balaban J connectivity index is 1.30. The highest BCUT2D eigenvalue weighted by Crippen LogP contribution is 2.57. The van der Waals surface area contributed by atoms with Crippen molar-refractivity contribution < 1.29 is 23.5 Å². The minimum atomic E-state index is -0.633. The van der Waals surface area contributed by atoms with E-state index in [2.05, 4.69) is 20.0 Å². The highest BCUT2D eigenvalue weighted by Gasteiger charge is 2.61. The summed E-state index contributed by atoms with van der Waals surface area (Å²) in [7, 11) is 0. The largest absolute Gasteiger partial charge is 0.444 e. The lowest BCUT2D eigenvalue weighted by Gasteiger charge is -2.50. The van der Waals surface area contributed by atoms with Crippen molar-refractivity contribution in [2.45, 2.75) is 108 Å². The van der Waals surface area contributed by atoms with Gasteiger partial charge in [0.15, 0.2) is 11.5 Å². The van der Waals surface area contributed by atoms with Crippen molar-refractivity contribution in [1.82, 2.24) is 20.0 Å². The van der Waals surface area contributed by atoms with Gasteiger partial charge in [-0.05, 0) is 78.3 Å². The molecule has 1 saturated carbocycles. The van der Waals surface area contributed by atoms with Crippen LogP contribution >= 0.6 is 11.6 Å². The minimum Gasteiger partial charge on any atom is -0.444 e. The molecule has 2 saturated heterocycles. The summed E-state index contributed by atoms with van der Waals surface area (Å²) in [4.78, 5) is 26.0. The Kier molecular flexibility index (Phi) is 7.02. The Bertz CT molecular complexity index is 1260. The Morgan fingerprint density at radius 3 is 2.42 bits per heavy atom. The van der Waals surface area contributed by atoms with Gasteiger partial charge in [-0.25, -0.2) is 14.8 Å². The molecule has 2 spiro atoms. The zero-order chi connectivity index (χ0) is 28.3. The minimum absolute atomic E-state index is 0.0793. The van der Waals surface area contributed by atoms with E-state index in [0.717, 1.165) is 56.3 Å². The third-order valence-corrected chi connectivity index (χ3v) is 9.04. The zero-order valence-electron chi connectivity index (χ0n) is 24.2. The van der Waals surface area contributed by atoms with E-state index in [1.165, 1.54) is 0 Å². The highest BCUT2D eigenvalue weighted by molar-refractivity contribution is 6.28. The fraction of sp³-hybridized carbons (Fsp3) is 0.724. The second-order valence-corrected chi connectivity index (χ2v) is 13.1. The first-order valence-corrected chi connectivity index (χ1v) is 15.0. The number of fused-ring (bicyclic) bond motifs is 3. The molecule has 10 nitrogen and oxygen atoms in total. The van der Waals surface area contributed by atoms with Gasteiger partial charge in [0.05, 0.1) is 36.4 Å². The van der Waals surface area contributed by atoms with Crippen LogP contribution in [-0.4, -0.2) is 75.9 Å². The summed E-state index contributed by atoms with van der Waals surface area (Å²) in [5.41, 5.74) is 1.55. The maximum Gasteiger partial charge on any atom is 0.410 e. The Morgan fingerprint density at radius 2 is 1.73 bits per heavy atom. The molecule has 40 heavy (non-hydrogen) atoms. The Hall–Kier alpha value is -2.43. The number of ether oxygens (including phenoxy) is 3. The van der Waals surface area contributed by atoms with Crippen molar-refractivity contribution in [1.29, 1.82) is 0 Å². The van der Waals surface area contributed by atoms with Crippen LogP contribution in [0.25, 0.3) is 11.4 Å². The van der Waals surface area contributed by atoms with E-state index in [4.69, 9.17) is 30.3 Å². The molecule has 1 amide bonds. The predicted molar refractivity (Wildman–Crippen MR) is 149 cm³/mol. The SMILES string of the molecule is C[C@H]1CN(c2cc(-c3noc4c3CCC[C@@]43CCCCC34OCCO4)nc(Cl)n2)C[C@H](C)N1C(=O)OC(C)(C)C. The van der Waals surface area contributed by atoms with Crippen molar-refractivity contribution in [3.05, 3.63) is 22.7 Å². The quantitative estimate of drug-likeness (QED) is 0.430. The number of rotatable bonds is 2. The summed E-state index contributed by atoms with van der Waals surface area (Å²) in [5.74, 6) is 0.961. The summed E-state index contributed by atoms with van der Waals surface area (Å²) in [5, 5.41) is 4.73. The molecule has 4 heterocycles. The molecule has 0 unspecified atom stereocenters. The normalized spacial score (nSPS) is 28.2. The predicted octanol–water partition coefficient (Wildman–Crippen LogP) is 5.51. The van der Waals surface area contributed by atoms with Crippen molar-refractivity contribution >= 4 is 23.5 Å². The van der Waals surface area contributed by atoms with Crippen LogP contribution in [0.1, 0.15) is 84.5 Å². The standard InChI is InChI=1S/C29H40ClN5O5/c1-18-16-34(17-19(2)35(18)26(36)39-27(3,4)5)22-15-21(31-25(30)32-22)23-20-9-8-11-28(24(20)40-33-23)10-6-7-12-29(28)37-13-14-38-29/h15,18-19H,6-14,16-17H2,1-5H3/t18-,19-,28-/m0/s1. The molecule has 6 rings (SSSR count). The van der Waals surface area contributed by atoms with E-state index in [1.807, 2.05) is 45.6 Å². The van der Waals surface area contributed by atoms with Gasteiger partial charge in [0.25, 0.3) is 0 Å². The van der Waals surface area contributed by atoms with Crippen LogP contribution in [0.15, 0.2) is 10.6 Å². The van der Waals surface area contributed by atoms with Gasteiger partial charge in [-0.15, -0.1) is 0 Å². The summed E-state index contributed by atoms with van der Waals surface area (Å²) < 4.78 is 24.5. The number of hydrogen-bond acceptors (Lipinski definition) is 9. The molecular weight excluding hydrogens is 534 g/mol. The molecule has 2 aliphatic heterocycles. The molecule has 2 aromatic heterocycles. The van der Waals surface area contributed by atoms with Gasteiger partial charge in [0.2, 0.25) is 5.28 Å². The summed E-state index contributed by atoms with van der Waals surface area (Å²) in [6, 6.07) is 1.78. The summed E-state index contributed by atoms with van der Waals surface area (Å²) in [6.07, 6.45) is 6.55. The number of carbonyl (C=O) groups excluding carboxylic acids is 1. The molecule has 2 aromatic rings. The molecule has 218 valence electrons. The summed E-state index contributed by atoms with van der Waals surface area (Å²) >= 11 is 6.50. The van der Waals surface area contributed by atoms with Gasteiger partial charge in [-0.1, -0.05) is 11.6 Å². The van der Waals surface area contributed by atoms with Crippen molar-refractivity contribution in [3.63, 3.8) is 0 Å². The number of amides is 1. The molecular formula is C29H40ClN5O5. The van der Waals surface area contributed by atoms with Gasteiger partial charge in [-0.3, -0.25) is 4.90 Å². The van der Waals surface area contributed by atoms with Gasteiger partial charge in [0.1, 0.15) is 17.1 Å². The number of aromatic nitrogens is 3. The number of carbonyl (C=O) groups is 1.